The molecule has 136 valence electrons. The van der Waals surface area contributed by atoms with Crippen LogP contribution in [0.4, 0.5) is 0 Å². The first-order valence-corrected chi connectivity index (χ1v) is 8.80. The van der Waals surface area contributed by atoms with Crippen molar-refractivity contribution >= 4 is 11.9 Å². The van der Waals surface area contributed by atoms with Crippen LogP contribution in [0.25, 0.3) is 5.69 Å². The van der Waals surface area contributed by atoms with E-state index in [-0.39, 0.29) is 17.5 Å². The van der Waals surface area contributed by atoms with E-state index >= 15 is 0 Å². The van der Waals surface area contributed by atoms with E-state index in [1.807, 2.05) is 35.2 Å². The van der Waals surface area contributed by atoms with Crippen molar-refractivity contribution in [3.8, 4) is 5.69 Å². The molecule has 1 aliphatic rings. The maximum atomic E-state index is 12.8. The van der Waals surface area contributed by atoms with Crippen LogP contribution < -0.4 is 0 Å². The first-order valence-electron chi connectivity index (χ1n) is 8.80. The van der Waals surface area contributed by atoms with E-state index in [4.69, 9.17) is 5.11 Å². The third-order valence-electron chi connectivity index (χ3n) is 5.06. The van der Waals surface area contributed by atoms with Gasteiger partial charge in [-0.2, -0.15) is 5.10 Å². The van der Waals surface area contributed by atoms with E-state index < -0.39 is 5.97 Å². The van der Waals surface area contributed by atoms with E-state index in [0.717, 1.165) is 24.2 Å². The van der Waals surface area contributed by atoms with Gasteiger partial charge in [0.05, 0.1) is 23.6 Å². The monoisotopic (exact) mass is 361 g/mol. The first-order chi connectivity index (χ1) is 13.1. The molecule has 0 radical (unpaired) electrons. The molecule has 0 aliphatic carbocycles. The number of likely N-dealkylation sites (tertiary alicyclic amines) is 1. The number of nitrogens with zero attached hydrogens (tertiary/aromatic N) is 3. The molecule has 0 bridgehead atoms. The quantitative estimate of drug-likeness (QED) is 0.772. The second-order valence-electron chi connectivity index (χ2n) is 6.62. The summed E-state index contributed by atoms with van der Waals surface area (Å²) in [5.74, 6) is -1.000. The summed E-state index contributed by atoms with van der Waals surface area (Å²) in [6.07, 6.45) is 2.31. The van der Waals surface area contributed by atoms with E-state index in [1.165, 1.54) is 6.20 Å². The lowest BCUT2D eigenvalue weighted by Gasteiger charge is -2.41. The van der Waals surface area contributed by atoms with Crippen LogP contribution in [0.2, 0.25) is 0 Å². The largest absolute Gasteiger partial charge is 0.478 e. The van der Waals surface area contributed by atoms with Gasteiger partial charge in [0, 0.05) is 12.1 Å². The fraction of sp³-hybridized carbons (Fsp3) is 0.190. The summed E-state index contributed by atoms with van der Waals surface area (Å²) in [5, 5.41) is 13.3. The van der Waals surface area contributed by atoms with Crippen LogP contribution in [-0.2, 0) is 0 Å². The Morgan fingerprint density at radius 2 is 1.78 bits per heavy atom. The minimum atomic E-state index is -1.00. The van der Waals surface area contributed by atoms with Gasteiger partial charge in [-0.3, -0.25) is 4.79 Å². The standard InChI is InChI=1S/C21H19N3O3/c1-14-18(21(26)27)13-22-24(14)17-9-7-16(8-10-17)20(25)23-12-11-19(23)15-5-3-2-4-6-15/h2-10,13,19H,11-12H2,1H3,(H,26,27)/t19-/m0/s1. The summed E-state index contributed by atoms with van der Waals surface area (Å²) in [7, 11) is 0. The molecule has 1 fully saturated rings. The lowest BCUT2D eigenvalue weighted by atomic mass is 9.93. The fourth-order valence-corrected chi connectivity index (χ4v) is 3.44. The summed E-state index contributed by atoms with van der Waals surface area (Å²) in [6, 6.07) is 17.3. The summed E-state index contributed by atoms with van der Waals surface area (Å²) < 4.78 is 1.56. The van der Waals surface area contributed by atoms with Crippen LogP contribution in [0.15, 0.2) is 60.8 Å². The van der Waals surface area contributed by atoms with E-state index in [0.29, 0.717) is 11.3 Å². The van der Waals surface area contributed by atoms with Crippen molar-refractivity contribution in [2.24, 2.45) is 0 Å². The number of aromatic nitrogens is 2. The molecule has 6 heteroatoms. The molecule has 1 saturated heterocycles. The Morgan fingerprint density at radius 3 is 2.33 bits per heavy atom. The van der Waals surface area contributed by atoms with Gasteiger partial charge in [0.15, 0.2) is 0 Å². The maximum Gasteiger partial charge on any atom is 0.339 e. The number of hydrogen-bond acceptors (Lipinski definition) is 3. The number of hydrogen-bond donors (Lipinski definition) is 1. The molecule has 1 amide bonds. The van der Waals surface area contributed by atoms with Crippen LogP contribution in [0, 0.1) is 6.92 Å². The zero-order valence-electron chi connectivity index (χ0n) is 14.9. The highest BCUT2D eigenvalue weighted by atomic mass is 16.4. The molecule has 0 unspecified atom stereocenters. The Labute approximate surface area is 156 Å². The van der Waals surface area contributed by atoms with Crippen molar-refractivity contribution in [2.45, 2.75) is 19.4 Å². The molecule has 4 rings (SSSR count). The second-order valence-corrected chi connectivity index (χ2v) is 6.62. The van der Waals surface area contributed by atoms with E-state index in [9.17, 15) is 9.59 Å². The number of carboxylic acid groups (broad SMARTS) is 1. The first kappa shape index (κ1) is 17.0. The van der Waals surface area contributed by atoms with Crippen molar-refractivity contribution in [2.75, 3.05) is 6.54 Å². The molecule has 27 heavy (non-hydrogen) atoms. The fourth-order valence-electron chi connectivity index (χ4n) is 3.44. The van der Waals surface area contributed by atoms with Gasteiger partial charge in [0.1, 0.15) is 5.56 Å². The van der Waals surface area contributed by atoms with Crippen LogP contribution >= 0.6 is 0 Å². The average molecular weight is 361 g/mol. The molecule has 2 aromatic carbocycles. The third-order valence-corrected chi connectivity index (χ3v) is 5.06. The van der Waals surface area contributed by atoms with Gasteiger partial charge >= 0.3 is 5.97 Å². The minimum Gasteiger partial charge on any atom is -0.478 e. The molecular formula is C21H19N3O3. The Balaban J connectivity index is 1.54. The van der Waals surface area contributed by atoms with E-state index in [1.54, 1.807) is 35.9 Å². The average Bonchev–Trinajstić information content (AvgIpc) is 3.03. The highest BCUT2D eigenvalue weighted by Crippen LogP contribution is 2.34. The SMILES string of the molecule is Cc1c(C(=O)O)cnn1-c1ccc(C(=O)N2CC[C@H]2c2ccccc2)cc1. The summed E-state index contributed by atoms with van der Waals surface area (Å²) in [4.78, 5) is 25.9. The Bertz CT molecular complexity index is 993. The van der Waals surface area contributed by atoms with Gasteiger partial charge in [-0.1, -0.05) is 30.3 Å². The predicted octanol–water partition coefficient (Wildman–Crippen LogP) is 3.47. The molecule has 1 atom stereocenters. The van der Waals surface area contributed by atoms with Gasteiger partial charge in [-0.15, -0.1) is 0 Å². The van der Waals surface area contributed by atoms with Crippen LogP contribution in [0.5, 0.6) is 0 Å². The number of benzene rings is 2. The Morgan fingerprint density at radius 1 is 1.07 bits per heavy atom. The minimum absolute atomic E-state index is 0.00469. The van der Waals surface area contributed by atoms with Gasteiger partial charge in [-0.25, -0.2) is 9.48 Å². The number of carbonyl (C=O) groups excluding carboxylic acids is 1. The summed E-state index contributed by atoms with van der Waals surface area (Å²) in [6.45, 7) is 2.46. The van der Waals surface area contributed by atoms with Crippen molar-refractivity contribution in [1.29, 1.82) is 0 Å². The van der Waals surface area contributed by atoms with Crippen molar-refractivity contribution < 1.29 is 14.7 Å². The molecular weight excluding hydrogens is 342 g/mol. The Hall–Kier alpha value is -3.41. The number of rotatable bonds is 4. The highest BCUT2D eigenvalue weighted by molar-refractivity contribution is 5.95. The smallest absolute Gasteiger partial charge is 0.339 e. The summed E-state index contributed by atoms with van der Waals surface area (Å²) in [5.41, 5.74) is 3.21. The Kier molecular flexibility index (Phi) is 4.24. The molecule has 1 aliphatic heterocycles. The maximum absolute atomic E-state index is 12.8. The zero-order valence-corrected chi connectivity index (χ0v) is 14.9. The van der Waals surface area contributed by atoms with Crippen molar-refractivity contribution in [3.63, 3.8) is 0 Å². The molecule has 3 aromatic rings. The van der Waals surface area contributed by atoms with Crippen LogP contribution in [-0.4, -0.2) is 38.2 Å². The molecule has 1 aromatic heterocycles. The lowest BCUT2D eigenvalue weighted by molar-refractivity contribution is 0.0460. The molecule has 1 N–H and O–H groups in total. The molecule has 0 saturated carbocycles. The molecule has 2 heterocycles. The van der Waals surface area contributed by atoms with Crippen molar-refractivity contribution in [3.05, 3.63) is 83.2 Å². The number of carbonyl (C=O) groups is 2. The number of aromatic carboxylic acids is 1. The highest BCUT2D eigenvalue weighted by Gasteiger charge is 2.33. The second kappa shape index (κ2) is 6.72. The number of amides is 1. The number of carboxylic acids is 1. The third kappa shape index (κ3) is 2.99. The molecule has 0 spiro atoms. The van der Waals surface area contributed by atoms with Gasteiger partial charge < -0.3 is 10.0 Å². The normalized spacial score (nSPS) is 16.0. The molecule has 6 nitrogen and oxygen atoms in total. The predicted molar refractivity (Wildman–Crippen MR) is 100 cm³/mol. The van der Waals surface area contributed by atoms with Crippen LogP contribution in [0.1, 0.15) is 44.4 Å². The van der Waals surface area contributed by atoms with E-state index in [2.05, 4.69) is 5.10 Å². The van der Waals surface area contributed by atoms with Crippen LogP contribution in [0.3, 0.4) is 0 Å². The topological polar surface area (TPSA) is 75.4 Å². The van der Waals surface area contributed by atoms with Gasteiger partial charge in [-0.05, 0) is 43.2 Å². The van der Waals surface area contributed by atoms with Gasteiger partial charge in [0.2, 0.25) is 0 Å². The van der Waals surface area contributed by atoms with Gasteiger partial charge in [0.25, 0.3) is 5.91 Å². The summed E-state index contributed by atoms with van der Waals surface area (Å²) >= 11 is 0. The lowest BCUT2D eigenvalue weighted by Crippen LogP contribution is -2.45. The van der Waals surface area contributed by atoms with Crippen molar-refractivity contribution in [1.82, 2.24) is 14.7 Å². The zero-order chi connectivity index (χ0) is 19.0.